The van der Waals surface area contributed by atoms with E-state index in [2.05, 4.69) is 43.3 Å². The summed E-state index contributed by atoms with van der Waals surface area (Å²) in [5.74, 6) is 2.22. The molecule has 0 aliphatic carbocycles. The second kappa shape index (κ2) is 19.1. The van der Waals surface area contributed by atoms with E-state index in [0.717, 1.165) is 16.7 Å². The SMILES string of the molecule is COc1ccc(CN(Cc2ccc(OC)cc2)S(=O)(=O)c2c(SC[C@@H](CO)NC(=O)OC(C)(C)C)ccc(I)c2-c2nnn(Cc3ccc(OC)cc3)n2)cc1. The van der Waals surface area contributed by atoms with Crippen LogP contribution >= 0.6 is 34.4 Å². The van der Waals surface area contributed by atoms with Crippen LogP contribution in [-0.2, 0) is 34.4 Å². The van der Waals surface area contributed by atoms with Crippen LogP contribution in [0.15, 0.2) is 94.7 Å². The molecule has 0 radical (unpaired) electrons. The molecule has 0 fully saturated rings. The smallest absolute Gasteiger partial charge is 0.407 e. The Labute approximate surface area is 345 Å². The number of aromatic nitrogens is 4. The number of tetrazole rings is 1. The Balaban J connectivity index is 1.60. The lowest BCUT2D eigenvalue weighted by Crippen LogP contribution is -2.42. The molecule has 0 aliphatic rings. The van der Waals surface area contributed by atoms with Crippen molar-refractivity contribution >= 4 is 50.5 Å². The van der Waals surface area contributed by atoms with Gasteiger partial charge in [0, 0.05) is 27.3 Å². The molecule has 1 aromatic heterocycles. The minimum atomic E-state index is -4.38. The lowest BCUT2D eigenvalue weighted by Gasteiger charge is -2.26. The van der Waals surface area contributed by atoms with E-state index in [1.165, 1.54) is 20.9 Å². The van der Waals surface area contributed by atoms with Crippen molar-refractivity contribution in [2.75, 3.05) is 33.7 Å². The third-order valence-electron chi connectivity index (χ3n) is 8.25. The third-order valence-corrected chi connectivity index (χ3v) is 12.4. The molecule has 2 N–H and O–H groups in total. The van der Waals surface area contributed by atoms with E-state index in [9.17, 15) is 9.90 Å². The number of hydrogen-bond donors (Lipinski definition) is 2. The zero-order valence-electron chi connectivity index (χ0n) is 31.9. The molecule has 0 bridgehead atoms. The van der Waals surface area contributed by atoms with Crippen LogP contribution in [0, 0.1) is 3.57 Å². The van der Waals surface area contributed by atoms with Gasteiger partial charge in [0.15, 0.2) is 0 Å². The van der Waals surface area contributed by atoms with Gasteiger partial charge in [0.1, 0.15) is 27.7 Å². The topological polar surface area (TPSA) is 167 Å². The van der Waals surface area contributed by atoms with Gasteiger partial charge in [0.25, 0.3) is 0 Å². The predicted octanol–water partition coefficient (Wildman–Crippen LogP) is 6.39. The van der Waals surface area contributed by atoms with E-state index in [-0.39, 0.29) is 41.7 Å². The lowest BCUT2D eigenvalue weighted by atomic mass is 10.2. The average Bonchev–Trinajstić information content (AvgIpc) is 3.64. The number of halogens is 1. The van der Waals surface area contributed by atoms with Crippen molar-refractivity contribution in [2.45, 2.75) is 61.8 Å². The van der Waals surface area contributed by atoms with Crippen LogP contribution < -0.4 is 19.5 Å². The second-order valence-corrected chi connectivity index (χ2v) is 17.6. The Hall–Kier alpha value is -4.43. The van der Waals surface area contributed by atoms with E-state index < -0.39 is 34.4 Å². The molecular formula is C39H45IN6O8S2. The summed E-state index contributed by atoms with van der Waals surface area (Å²) < 4.78 is 54.1. The summed E-state index contributed by atoms with van der Waals surface area (Å²) in [6, 6.07) is 24.6. The number of benzene rings is 4. The van der Waals surface area contributed by atoms with E-state index in [4.69, 9.17) is 18.9 Å². The molecule has 1 amide bonds. The number of rotatable bonds is 17. The van der Waals surface area contributed by atoms with Crippen LogP contribution in [0.25, 0.3) is 11.4 Å². The molecule has 0 aliphatic heterocycles. The number of carbonyl (C=O) groups is 1. The quantitative estimate of drug-likeness (QED) is 0.0781. The first-order valence-electron chi connectivity index (χ1n) is 17.5. The Bertz CT molecular complexity index is 2130. The van der Waals surface area contributed by atoms with Gasteiger partial charge in [0.05, 0.1) is 46.1 Å². The molecule has 5 aromatic rings. The molecule has 0 spiro atoms. The molecule has 5 rings (SSSR count). The second-order valence-electron chi connectivity index (χ2n) is 13.5. The summed E-state index contributed by atoms with van der Waals surface area (Å²) in [6.07, 6.45) is -0.698. The van der Waals surface area contributed by atoms with Crippen molar-refractivity contribution in [3.05, 3.63) is 105 Å². The molecule has 298 valence electrons. The number of carbonyl (C=O) groups excluding carboxylic acids is 1. The molecule has 0 saturated heterocycles. The van der Waals surface area contributed by atoms with Gasteiger partial charge in [0.2, 0.25) is 15.8 Å². The van der Waals surface area contributed by atoms with E-state index in [0.29, 0.717) is 25.7 Å². The summed E-state index contributed by atoms with van der Waals surface area (Å²) in [5.41, 5.74) is 1.87. The van der Waals surface area contributed by atoms with Gasteiger partial charge in [-0.1, -0.05) is 36.4 Å². The van der Waals surface area contributed by atoms with Gasteiger partial charge in [-0.3, -0.25) is 0 Å². The number of sulfonamides is 1. The van der Waals surface area contributed by atoms with Gasteiger partial charge in [-0.05, 0) is 114 Å². The Morgan fingerprint density at radius 1 is 0.857 bits per heavy atom. The highest BCUT2D eigenvalue weighted by atomic mass is 127. The van der Waals surface area contributed by atoms with Gasteiger partial charge in [-0.2, -0.15) is 9.10 Å². The third kappa shape index (κ3) is 11.3. The molecule has 4 aromatic carbocycles. The van der Waals surface area contributed by atoms with Crippen LogP contribution in [0.5, 0.6) is 17.2 Å². The molecule has 0 saturated carbocycles. The summed E-state index contributed by atoms with van der Waals surface area (Å²) in [7, 11) is 0.350. The number of ether oxygens (including phenoxy) is 4. The van der Waals surface area contributed by atoms with E-state index >= 15 is 8.42 Å². The normalized spacial score (nSPS) is 12.3. The lowest BCUT2D eigenvalue weighted by molar-refractivity contribution is 0.0491. The first kappa shape index (κ1) is 42.7. The number of nitrogens with zero attached hydrogens (tertiary/aromatic N) is 5. The summed E-state index contributed by atoms with van der Waals surface area (Å²) >= 11 is 3.26. The Morgan fingerprint density at radius 3 is 1.86 bits per heavy atom. The van der Waals surface area contributed by atoms with Crippen LogP contribution in [0.4, 0.5) is 4.79 Å². The zero-order valence-corrected chi connectivity index (χ0v) is 35.7. The highest BCUT2D eigenvalue weighted by molar-refractivity contribution is 14.1. The number of methoxy groups -OCH3 is 3. The molecule has 0 unspecified atom stereocenters. The Kier molecular flexibility index (Phi) is 14.6. The first-order valence-corrected chi connectivity index (χ1v) is 21.0. The van der Waals surface area contributed by atoms with Crippen molar-refractivity contribution in [1.29, 1.82) is 0 Å². The molecular weight excluding hydrogens is 872 g/mol. The number of nitrogens with one attached hydrogen (secondary N) is 1. The van der Waals surface area contributed by atoms with E-state index in [1.54, 1.807) is 78.5 Å². The predicted molar refractivity (Wildman–Crippen MR) is 221 cm³/mol. The molecule has 14 nitrogen and oxygen atoms in total. The van der Waals surface area contributed by atoms with Gasteiger partial charge in [-0.15, -0.1) is 22.0 Å². The zero-order chi connectivity index (χ0) is 40.5. The van der Waals surface area contributed by atoms with Crippen LogP contribution in [0.1, 0.15) is 37.5 Å². The average molecular weight is 917 g/mol. The molecule has 17 heteroatoms. The minimum absolute atomic E-state index is 0.0183. The summed E-state index contributed by atoms with van der Waals surface area (Å²) in [6.45, 7) is 5.13. The van der Waals surface area contributed by atoms with Crippen molar-refractivity contribution in [3.63, 3.8) is 0 Å². The fourth-order valence-corrected chi connectivity index (χ4v) is 9.46. The maximum atomic E-state index is 15.4. The fraction of sp³-hybridized carbons (Fsp3) is 0.333. The first-order chi connectivity index (χ1) is 26.7. The number of alkyl carbamates (subject to hydrolysis) is 1. The fourth-order valence-electron chi connectivity index (χ4n) is 5.45. The van der Waals surface area contributed by atoms with Crippen molar-refractivity contribution in [3.8, 4) is 28.6 Å². The maximum absolute atomic E-state index is 15.4. The highest BCUT2D eigenvalue weighted by Gasteiger charge is 2.34. The number of thioether (sulfide) groups is 1. The van der Waals surface area contributed by atoms with Crippen molar-refractivity contribution in [1.82, 2.24) is 29.8 Å². The number of amides is 1. The number of hydrogen-bond acceptors (Lipinski definition) is 12. The maximum Gasteiger partial charge on any atom is 0.407 e. The molecule has 56 heavy (non-hydrogen) atoms. The van der Waals surface area contributed by atoms with Crippen molar-refractivity contribution in [2.24, 2.45) is 0 Å². The van der Waals surface area contributed by atoms with Gasteiger partial charge < -0.3 is 29.4 Å². The monoisotopic (exact) mass is 916 g/mol. The summed E-state index contributed by atoms with van der Waals surface area (Å²) in [4.78, 5) is 14.4. The van der Waals surface area contributed by atoms with Crippen molar-refractivity contribution < 1.29 is 37.3 Å². The molecule has 1 heterocycles. The number of aliphatic hydroxyl groups is 1. The van der Waals surface area contributed by atoms with Gasteiger partial charge in [-0.25, -0.2) is 13.2 Å². The standard InChI is InChI=1S/C39H45IN6O8S2/c1-39(2,3)54-38(48)41-29(24-47)25-55-34-20-19-33(40)35(37-42-44-46(43-37)23-28-11-17-32(53-6)18-12-28)36(34)56(49,50)45(21-26-7-13-30(51-4)14-8-26)22-27-9-15-31(52-5)16-10-27/h7-20,29,47H,21-25H2,1-6H3,(H,41,48)/t29-/m1/s1. The highest BCUT2D eigenvalue weighted by Crippen LogP contribution is 2.40. The minimum Gasteiger partial charge on any atom is -0.497 e. The van der Waals surface area contributed by atoms with Crippen LogP contribution in [-0.4, -0.2) is 89.5 Å². The van der Waals surface area contributed by atoms with Crippen LogP contribution in [0.3, 0.4) is 0 Å². The Morgan fingerprint density at radius 2 is 1.38 bits per heavy atom. The number of aliphatic hydroxyl groups excluding tert-OH is 1. The van der Waals surface area contributed by atoms with E-state index in [1.807, 2.05) is 48.5 Å². The molecule has 1 atom stereocenters. The van der Waals surface area contributed by atoms with Crippen LogP contribution in [0.2, 0.25) is 0 Å². The largest absolute Gasteiger partial charge is 0.497 e. The summed E-state index contributed by atoms with van der Waals surface area (Å²) in [5, 5.41) is 26.2. The van der Waals surface area contributed by atoms with Gasteiger partial charge >= 0.3 is 6.09 Å².